The van der Waals surface area contributed by atoms with Gasteiger partial charge in [0.05, 0.1) is 10.4 Å². The summed E-state index contributed by atoms with van der Waals surface area (Å²) < 4.78 is 7.39. The summed E-state index contributed by atoms with van der Waals surface area (Å²) in [5, 5.41) is 3.48. The van der Waals surface area contributed by atoms with Gasteiger partial charge in [0.2, 0.25) is 0 Å². The minimum Gasteiger partial charge on any atom is -0.455 e. The van der Waals surface area contributed by atoms with Crippen molar-refractivity contribution in [1.29, 1.82) is 0 Å². The van der Waals surface area contributed by atoms with Gasteiger partial charge in [-0.05, 0) is 42.1 Å². The molecule has 2 nitrogen and oxygen atoms in total. The number of fused-ring (bicyclic) bond motifs is 4. The second-order valence-corrected chi connectivity index (χ2v) is 8.45. The summed E-state index contributed by atoms with van der Waals surface area (Å²) in [5.74, 6) is 0. The van der Waals surface area contributed by atoms with Crippen molar-refractivity contribution in [1.82, 2.24) is 4.98 Å². The highest BCUT2D eigenvalue weighted by atomic mass is 32.1. The fourth-order valence-electron chi connectivity index (χ4n) is 3.90. The molecule has 6 aromatic rings. The monoisotopic (exact) mass is 391 g/mol. The van der Waals surface area contributed by atoms with Gasteiger partial charge in [0, 0.05) is 27.4 Å². The van der Waals surface area contributed by atoms with Gasteiger partial charge < -0.3 is 4.42 Å². The van der Waals surface area contributed by atoms with E-state index in [2.05, 4.69) is 67.6 Å². The molecule has 0 fully saturated rings. The van der Waals surface area contributed by atoms with E-state index in [1.807, 2.05) is 24.4 Å². The van der Waals surface area contributed by atoms with E-state index in [1.165, 1.54) is 26.1 Å². The van der Waals surface area contributed by atoms with Gasteiger partial charge in [-0.3, -0.25) is 4.98 Å². The molecule has 0 spiro atoms. The Hall–Kier alpha value is -3.43. The average Bonchev–Trinajstić information content (AvgIpc) is 3.35. The first-order valence-corrected chi connectivity index (χ1v) is 10.5. The molecule has 0 aliphatic carbocycles. The Balaban J connectivity index is 1.52. The van der Waals surface area contributed by atoms with Crippen LogP contribution in [0.4, 0.5) is 0 Å². The van der Waals surface area contributed by atoms with Crippen LogP contribution < -0.4 is 0 Å². The van der Waals surface area contributed by atoms with Crippen LogP contribution in [-0.2, 0) is 0 Å². The molecule has 0 aliphatic heterocycles. The van der Waals surface area contributed by atoms with Gasteiger partial charge >= 0.3 is 0 Å². The van der Waals surface area contributed by atoms with E-state index < -0.39 is 0 Å². The van der Waals surface area contributed by atoms with Crippen molar-refractivity contribution in [2.75, 3.05) is 0 Å². The van der Waals surface area contributed by atoms with Crippen molar-refractivity contribution < 1.29 is 4.42 Å². The Bertz CT molecular complexity index is 1510. The highest BCUT2D eigenvalue weighted by Gasteiger charge is 2.14. The van der Waals surface area contributed by atoms with Crippen LogP contribution in [0, 0.1) is 6.92 Å². The maximum Gasteiger partial charge on any atom is 0.144 e. The first kappa shape index (κ1) is 16.5. The molecule has 0 saturated carbocycles. The highest BCUT2D eigenvalue weighted by Crippen LogP contribution is 2.38. The quantitative estimate of drug-likeness (QED) is 0.300. The van der Waals surface area contributed by atoms with Crippen molar-refractivity contribution in [3.8, 4) is 21.7 Å². The molecule has 0 unspecified atom stereocenters. The summed E-state index contributed by atoms with van der Waals surface area (Å²) in [6, 6.07) is 27.6. The lowest BCUT2D eigenvalue weighted by molar-refractivity contribution is 0.670. The van der Waals surface area contributed by atoms with E-state index in [0.717, 1.165) is 33.2 Å². The van der Waals surface area contributed by atoms with Crippen molar-refractivity contribution in [3.05, 3.63) is 90.6 Å². The van der Waals surface area contributed by atoms with Crippen LogP contribution in [0.2, 0.25) is 0 Å². The number of para-hydroxylation sites is 2. The van der Waals surface area contributed by atoms with Crippen molar-refractivity contribution in [3.63, 3.8) is 0 Å². The normalized spacial score (nSPS) is 11.6. The topological polar surface area (TPSA) is 26.0 Å². The molecule has 0 bridgehead atoms. The van der Waals surface area contributed by atoms with Gasteiger partial charge in [-0.15, -0.1) is 11.3 Å². The van der Waals surface area contributed by atoms with Gasteiger partial charge in [-0.2, -0.15) is 0 Å². The Morgan fingerprint density at radius 1 is 0.828 bits per heavy atom. The molecule has 0 radical (unpaired) electrons. The summed E-state index contributed by atoms with van der Waals surface area (Å²) in [4.78, 5) is 6.03. The number of thiophene rings is 1. The van der Waals surface area contributed by atoms with E-state index in [9.17, 15) is 0 Å². The number of rotatable bonds is 2. The maximum absolute atomic E-state index is 6.20. The molecule has 138 valence electrons. The minimum atomic E-state index is 0.898. The van der Waals surface area contributed by atoms with Crippen LogP contribution in [-0.4, -0.2) is 4.98 Å². The molecule has 0 atom stereocenters. The Morgan fingerprint density at radius 3 is 2.55 bits per heavy atom. The molecule has 3 heterocycles. The van der Waals surface area contributed by atoms with E-state index in [-0.39, 0.29) is 0 Å². The van der Waals surface area contributed by atoms with Crippen LogP contribution in [0.15, 0.2) is 89.5 Å². The maximum atomic E-state index is 6.20. The Kier molecular flexibility index (Phi) is 3.58. The Morgan fingerprint density at radius 2 is 1.66 bits per heavy atom. The summed E-state index contributed by atoms with van der Waals surface area (Å²) in [6.45, 7) is 2.11. The van der Waals surface area contributed by atoms with E-state index in [1.54, 1.807) is 11.3 Å². The van der Waals surface area contributed by atoms with Crippen LogP contribution >= 0.6 is 11.3 Å². The van der Waals surface area contributed by atoms with Gasteiger partial charge in [-0.1, -0.05) is 60.2 Å². The lowest BCUT2D eigenvalue weighted by atomic mass is 10.1. The molecule has 0 N–H and O–H groups in total. The minimum absolute atomic E-state index is 0.898. The number of aromatic nitrogens is 1. The van der Waals surface area contributed by atoms with Crippen LogP contribution in [0.1, 0.15) is 5.56 Å². The molecule has 29 heavy (non-hydrogen) atoms. The van der Waals surface area contributed by atoms with Gasteiger partial charge in [0.15, 0.2) is 0 Å². The molecule has 3 aromatic heterocycles. The zero-order valence-corrected chi connectivity index (χ0v) is 16.7. The zero-order chi connectivity index (χ0) is 19.4. The van der Waals surface area contributed by atoms with Crippen LogP contribution in [0.3, 0.4) is 0 Å². The molecule has 0 aliphatic rings. The van der Waals surface area contributed by atoms with E-state index in [0.29, 0.717) is 0 Å². The summed E-state index contributed by atoms with van der Waals surface area (Å²) in [6.07, 6.45) is 1.98. The molecular weight excluding hydrogens is 374 g/mol. The van der Waals surface area contributed by atoms with Gasteiger partial charge in [0.25, 0.3) is 0 Å². The van der Waals surface area contributed by atoms with Crippen molar-refractivity contribution >= 4 is 43.4 Å². The number of aryl methyl sites for hydroxylation is 1. The van der Waals surface area contributed by atoms with Crippen LogP contribution in [0.25, 0.3) is 53.7 Å². The third kappa shape index (κ3) is 2.66. The van der Waals surface area contributed by atoms with Crippen LogP contribution in [0.5, 0.6) is 0 Å². The largest absolute Gasteiger partial charge is 0.455 e. The molecule has 6 rings (SSSR count). The number of hydrogen-bond donors (Lipinski definition) is 0. The number of benzene rings is 3. The second kappa shape index (κ2) is 6.29. The van der Waals surface area contributed by atoms with Crippen molar-refractivity contribution in [2.45, 2.75) is 6.92 Å². The summed E-state index contributed by atoms with van der Waals surface area (Å²) >= 11 is 1.78. The molecule has 3 aromatic carbocycles. The molecular formula is C26H17NOS. The summed E-state index contributed by atoms with van der Waals surface area (Å²) in [5.41, 5.74) is 6.30. The third-order valence-corrected chi connectivity index (χ3v) is 6.55. The lowest BCUT2D eigenvalue weighted by Crippen LogP contribution is -1.83. The lowest BCUT2D eigenvalue weighted by Gasteiger charge is -2.02. The van der Waals surface area contributed by atoms with E-state index >= 15 is 0 Å². The SMILES string of the molecule is Cc1ccc(-c2cc3cc(-c4cccc5c4oc4ccccc45)ncc3s2)cc1. The standard InChI is InChI=1S/C26H17NOS/c1-16-9-11-17(12-10-16)24-14-18-13-22(27-15-25(18)29-24)21-7-4-6-20-19-5-2-3-8-23(19)28-26(20)21/h2-15H,1H3. The number of furan rings is 1. The van der Waals surface area contributed by atoms with Gasteiger partial charge in [-0.25, -0.2) is 0 Å². The first-order chi connectivity index (χ1) is 14.3. The highest BCUT2D eigenvalue weighted by molar-refractivity contribution is 7.22. The molecule has 0 saturated heterocycles. The summed E-state index contributed by atoms with van der Waals surface area (Å²) in [7, 11) is 0. The average molecular weight is 391 g/mol. The number of pyridine rings is 1. The first-order valence-electron chi connectivity index (χ1n) is 9.63. The third-order valence-electron chi connectivity index (χ3n) is 5.42. The molecule has 3 heteroatoms. The number of hydrogen-bond acceptors (Lipinski definition) is 3. The van der Waals surface area contributed by atoms with Gasteiger partial charge in [0.1, 0.15) is 11.2 Å². The molecule has 0 amide bonds. The van der Waals surface area contributed by atoms with E-state index in [4.69, 9.17) is 9.40 Å². The zero-order valence-electron chi connectivity index (χ0n) is 15.8. The second-order valence-electron chi connectivity index (χ2n) is 7.36. The fraction of sp³-hybridized carbons (Fsp3) is 0.0385. The van der Waals surface area contributed by atoms with Crippen molar-refractivity contribution in [2.24, 2.45) is 0 Å². The fourth-order valence-corrected chi connectivity index (χ4v) is 4.92. The smallest absolute Gasteiger partial charge is 0.144 e. The predicted molar refractivity (Wildman–Crippen MR) is 123 cm³/mol. The predicted octanol–water partition coefficient (Wildman–Crippen LogP) is 7.84. The number of nitrogens with zero attached hydrogens (tertiary/aromatic N) is 1. The Labute approximate surface area is 172 Å².